The summed E-state index contributed by atoms with van der Waals surface area (Å²) in [5, 5.41) is 3.42. The summed E-state index contributed by atoms with van der Waals surface area (Å²) in [6, 6.07) is 13.3. The summed E-state index contributed by atoms with van der Waals surface area (Å²) in [4.78, 5) is 19.7. The van der Waals surface area contributed by atoms with Crippen molar-refractivity contribution >= 4 is 40.8 Å². The molecule has 0 spiro atoms. The molecule has 4 rings (SSSR count). The lowest BCUT2D eigenvalue weighted by Gasteiger charge is -2.31. The Morgan fingerprint density at radius 1 is 1.21 bits per heavy atom. The van der Waals surface area contributed by atoms with Crippen LogP contribution in [0.25, 0.3) is 0 Å². The Labute approximate surface area is 204 Å². The number of para-hydroxylation sites is 1. The monoisotopic (exact) mass is 507 g/mol. The zero-order valence-electron chi connectivity index (χ0n) is 18.2. The van der Waals surface area contributed by atoms with Crippen molar-refractivity contribution in [1.29, 1.82) is 0 Å². The van der Waals surface area contributed by atoms with Crippen molar-refractivity contribution < 1.29 is 22.7 Å². The van der Waals surface area contributed by atoms with Crippen molar-refractivity contribution in [2.45, 2.75) is 24.0 Å². The van der Waals surface area contributed by atoms with Crippen molar-refractivity contribution in [1.82, 2.24) is 4.98 Å². The second-order valence-electron chi connectivity index (χ2n) is 7.64. The van der Waals surface area contributed by atoms with E-state index in [1.165, 1.54) is 0 Å². The van der Waals surface area contributed by atoms with E-state index in [1.807, 2.05) is 17.0 Å². The average Bonchev–Trinajstić information content (AvgIpc) is 2.83. The maximum Gasteiger partial charge on any atom is 0.398 e. The smallest absolute Gasteiger partial charge is 0.398 e. The predicted molar refractivity (Wildman–Crippen MR) is 128 cm³/mol. The minimum atomic E-state index is -4.30. The average molecular weight is 508 g/mol. The lowest BCUT2D eigenvalue weighted by Crippen LogP contribution is -2.31. The van der Waals surface area contributed by atoms with Crippen LogP contribution in [0, 0.1) is 0 Å². The molecule has 5 nitrogen and oxygen atoms in total. The Kier molecular flexibility index (Phi) is 7.23. The maximum atomic E-state index is 12.9. The summed E-state index contributed by atoms with van der Waals surface area (Å²) < 4.78 is 43.4. The second-order valence-corrected chi connectivity index (χ2v) is 9.06. The molecule has 1 aliphatic heterocycles. The number of rotatable bonds is 6. The quantitative estimate of drug-likeness (QED) is 0.402. The third-order valence-electron chi connectivity index (χ3n) is 5.39. The van der Waals surface area contributed by atoms with Crippen molar-refractivity contribution in [3.63, 3.8) is 0 Å². The molecule has 1 aromatic heterocycles. The van der Waals surface area contributed by atoms with E-state index in [-0.39, 0.29) is 0 Å². The first-order chi connectivity index (χ1) is 16.2. The van der Waals surface area contributed by atoms with Crippen molar-refractivity contribution in [2.75, 3.05) is 29.6 Å². The largest absolute Gasteiger partial charge is 0.496 e. The standard InChI is InChI=1S/C24H21ClF3N3O2S/c1-33-20-7-6-18(25)16-9-11-31(13-17(16)20)22-12-15(8-10-29-22)23(32)30-19-4-2-3-5-21(19)34-14-24(26,27)28/h2-8,10,12H,9,11,13-14H2,1H3,(H,30,32). The number of amides is 1. The highest BCUT2D eigenvalue weighted by Gasteiger charge is 2.28. The number of hydrogen-bond donors (Lipinski definition) is 1. The van der Waals surface area contributed by atoms with Crippen molar-refractivity contribution in [2.24, 2.45) is 0 Å². The van der Waals surface area contributed by atoms with Gasteiger partial charge in [0, 0.05) is 40.3 Å². The van der Waals surface area contributed by atoms with Gasteiger partial charge in [-0.1, -0.05) is 23.7 Å². The van der Waals surface area contributed by atoms with Crippen LogP contribution in [0.1, 0.15) is 21.5 Å². The summed E-state index contributed by atoms with van der Waals surface area (Å²) in [7, 11) is 1.61. The van der Waals surface area contributed by atoms with Crippen LogP contribution in [0.3, 0.4) is 0 Å². The summed E-state index contributed by atoms with van der Waals surface area (Å²) in [5.41, 5.74) is 2.70. The number of benzene rings is 2. The lowest BCUT2D eigenvalue weighted by atomic mass is 9.98. The first kappa shape index (κ1) is 24.2. The first-order valence-electron chi connectivity index (χ1n) is 10.4. The van der Waals surface area contributed by atoms with Crippen LogP contribution in [-0.4, -0.2) is 36.5 Å². The van der Waals surface area contributed by atoms with Crippen molar-refractivity contribution in [3.8, 4) is 5.75 Å². The zero-order valence-corrected chi connectivity index (χ0v) is 19.7. The highest BCUT2D eigenvalue weighted by Crippen LogP contribution is 2.35. The summed E-state index contributed by atoms with van der Waals surface area (Å²) in [5.74, 6) is -0.115. The van der Waals surface area contributed by atoms with Crippen LogP contribution < -0.4 is 15.0 Å². The molecule has 0 bridgehead atoms. The molecule has 0 saturated carbocycles. The number of halogens is 4. The number of nitrogens with one attached hydrogen (secondary N) is 1. The Morgan fingerprint density at radius 3 is 2.76 bits per heavy atom. The van der Waals surface area contributed by atoms with E-state index in [2.05, 4.69) is 10.3 Å². The number of carbonyl (C=O) groups excluding carboxylic acids is 1. The van der Waals surface area contributed by atoms with Gasteiger partial charge in [0.1, 0.15) is 11.6 Å². The number of pyridine rings is 1. The van der Waals surface area contributed by atoms with Gasteiger partial charge in [0.2, 0.25) is 0 Å². The SMILES string of the molecule is COc1ccc(Cl)c2c1CN(c1cc(C(=O)Nc3ccccc3SCC(F)(F)F)ccn1)CC2. The van der Waals surface area contributed by atoms with Gasteiger partial charge in [-0.3, -0.25) is 4.79 Å². The van der Waals surface area contributed by atoms with Gasteiger partial charge in [0.05, 0.1) is 18.6 Å². The molecule has 3 aromatic rings. The molecule has 1 aliphatic rings. The van der Waals surface area contributed by atoms with Crippen LogP contribution in [0.4, 0.5) is 24.7 Å². The number of anilines is 2. The van der Waals surface area contributed by atoms with E-state index in [1.54, 1.807) is 49.7 Å². The fraction of sp³-hybridized carbons (Fsp3) is 0.250. The van der Waals surface area contributed by atoms with Gasteiger partial charge < -0.3 is 15.0 Å². The normalized spacial score (nSPS) is 13.4. The van der Waals surface area contributed by atoms with Crippen LogP contribution in [0.5, 0.6) is 5.75 Å². The van der Waals surface area contributed by atoms with E-state index in [0.717, 1.165) is 16.9 Å². The molecule has 0 aliphatic carbocycles. The van der Waals surface area contributed by atoms with Gasteiger partial charge in [0.15, 0.2) is 0 Å². The number of hydrogen-bond acceptors (Lipinski definition) is 5. The molecular weight excluding hydrogens is 487 g/mol. The number of methoxy groups -OCH3 is 1. The van der Waals surface area contributed by atoms with Gasteiger partial charge in [0.25, 0.3) is 5.91 Å². The maximum absolute atomic E-state index is 12.9. The van der Waals surface area contributed by atoms with E-state index < -0.39 is 17.8 Å². The molecule has 0 fully saturated rings. The van der Waals surface area contributed by atoms with Gasteiger partial charge in [-0.25, -0.2) is 4.98 Å². The number of aromatic nitrogens is 1. The molecule has 1 amide bonds. The molecule has 0 saturated heterocycles. The number of carbonyl (C=O) groups is 1. The highest BCUT2D eigenvalue weighted by atomic mass is 35.5. The van der Waals surface area contributed by atoms with Gasteiger partial charge in [-0.05, 0) is 48.4 Å². The number of fused-ring (bicyclic) bond motifs is 1. The Balaban J connectivity index is 1.52. The minimum absolute atomic E-state index is 0.325. The van der Waals surface area contributed by atoms with Crippen LogP contribution in [-0.2, 0) is 13.0 Å². The topological polar surface area (TPSA) is 54.5 Å². The predicted octanol–water partition coefficient (Wildman–Crippen LogP) is 6.21. The molecule has 0 atom stereocenters. The third-order valence-corrected chi connectivity index (χ3v) is 6.88. The molecular formula is C24H21ClF3N3O2S. The van der Waals surface area contributed by atoms with Gasteiger partial charge in [-0.2, -0.15) is 13.2 Å². The molecule has 10 heteroatoms. The summed E-state index contributed by atoms with van der Waals surface area (Å²) >= 11 is 6.99. The molecule has 2 heterocycles. The highest BCUT2D eigenvalue weighted by molar-refractivity contribution is 7.99. The van der Waals surface area contributed by atoms with E-state index >= 15 is 0 Å². The molecule has 34 heavy (non-hydrogen) atoms. The number of ether oxygens (including phenoxy) is 1. The van der Waals surface area contributed by atoms with E-state index in [9.17, 15) is 18.0 Å². The lowest BCUT2D eigenvalue weighted by molar-refractivity contribution is -0.105. The minimum Gasteiger partial charge on any atom is -0.496 e. The Hall–Kier alpha value is -2.91. The van der Waals surface area contributed by atoms with Crippen molar-refractivity contribution in [3.05, 3.63) is 76.4 Å². The van der Waals surface area contributed by atoms with Crippen LogP contribution >= 0.6 is 23.4 Å². The van der Waals surface area contributed by atoms with Gasteiger partial charge >= 0.3 is 6.18 Å². The fourth-order valence-electron chi connectivity index (χ4n) is 3.77. The Bertz CT molecular complexity index is 1210. The second kappa shape index (κ2) is 10.1. The zero-order chi connectivity index (χ0) is 24.3. The number of alkyl halides is 3. The summed E-state index contributed by atoms with van der Waals surface area (Å²) in [6.07, 6.45) is -2.06. The van der Waals surface area contributed by atoms with Gasteiger partial charge in [-0.15, -0.1) is 11.8 Å². The molecule has 0 radical (unpaired) electrons. The first-order valence-corrected chi connectivity index (χ1v) is 11.8. The summed E-state index contributed by atoms with van der Waals surface area (Å²) in [6.45, 7) is 1.18. The molecule has 2 aromatic carbocycles. The Morgan fingerprint density at radius 2 is 2.00 bits per heavy atom. The third kappa shape index (κ3) is 5.59. The van der Waals surface area contributed by atoms with E-state index in [4.69, 9.17) is 16.3 Å². The number of thioether (sulfide) groups is 1. The van der Waals surface area contributed by atoms with Crippen LogP contribution in [0.2, 0.25) is 5.02 Å². The molecule has 178 valence electrons. The van der Waals surface area contributed by atoms with Crippen LogP contribution in [0.15, 0.2) is 59.6 Å². The fourth-order valence-corrected chi connectivity index (χ4v) is 4.81. The number of nitrogens with zero attached hydrogens (tertiary/aromatic N) is 2. The molecule has 0 unspecified atom stereocenters. The van der Waals surface area contributed by atoms with E-state index in [0.29, 0.717) is 58.3 Å². The molecule has 1 N–H and O–H groups in total.